The molecule has 24 heteroatoms. The highest BCUT2D eigenvalue weighted by atomic mass is 19.1. The van der Waals surface area contributed by atoms with E-state index in [4.69, 9.17) is 28.4 Å². The SMILES string of the molecule is O=C(CN1CCN(c2ccc(C(=O)Nc3n[nH]c4ccc(Cc5cc(F)cc(F)c5)cc34)c(NC3CCOCC3)c2)CC1)NCCOCCOCCOCCOCCOCCNc1ccc2c(c1)C(=O)N(C1CCC(=O)NC1=O)C2=O. The molecule has 6 N–H and O–H groups in total. The minimum atomic E-state index is -1.01. The number of fused-ring (bicyclic) bond motifs is 2. The van der Waals surface area contributed by atoms with Gasteiger partial charge in [0.15, 0.2) is 5.82 Å². The number of anilines is 4. The Morgan fingerprint density at radius 3 is 2.05 bits per heavy atom. The highest BCUT2D eigenvalue weighted by Gasteiger charge is 2.44. The molecule has 0 spiro atoms. The fourth-order valence-corrected chi connectivity index (χ4v) is 10.0. The van der Waals surface area contributed by atoms with Gasteiger partial charge in [-0.25, -0.2) is 8.78 Å². The minimum Gasteiger partial charge on any atom is -0.383 e. The van der Waals surface area contributed by atoms with E-state index in [-0.39, 0.29) is 48.4 Å². The van der Waals surface area contributed by atoms with Crippen molar-refractivity contribution in [2.45, 2.75) is 44.2 Å². The van der Waals surface area contributed by atoms with Gasteiger partial charge < -0.3 is 54.6 Å². The third-order valence-electron chi connectivity index (χ3n) is 14.2. The maximum absolute atomic E-state index is 14.0. The van der Waals surface area contributed by atoms with Crippen LogP contribution in [0.2, 0.25) is 0 Å². The lowest BCUT2D eigenvalue weighted by atomic mass is 10.0. The summed E-state index contributed by atoms with van der Waals surface area (Å²) in [5.41, 5.74) is 5.15. The predicted octanol–water partition coefficient (Wildman–Crippen LogP) is 4.11. The predicted molar refractivity (Wildman–Crippen MR) is 294 cm³/mol. The second-order valence-corrected chi connectivity index (χ2v) is 19.9. The molecule has 3 fully saturated rings. The number of carbonyl (C=O) groups excluding carboxylic acids is 6. The van der Waals surface area contributed by atoms with Crippen LogP contribution >= 0.6 is 0 Å². The monoisotopic (exact) mass is 1120 g/mol. The molecule has 3 saturated heterocycles. The summed E-state index contributed by atoms with van der Waals surface area (Å²) >= 11 is 0. The number of H-pyrrole nitrogens is 1. The average molecular weight is 1120 g/mol. The molecule has 6 amide bonds. The van der Waals surface area contributed by atoms with Crippen molar-refractivity contribution in [2.24, 2.45) is 0 Å². The van der Waals surface area contributed by atoms with Crippen molar-refractivity contribution in [1.82, 2.24) is 30.6 Å². The van der Waals surface area contributed by atoms with Crippen molar-refractivity contribution in [1.29, 1.82) is 0 Å². The zero-order valence-electron chi connectivity index (χ0n) is 45.0. The number of hydrogen-bond donors (Lipinski definition) is 6. The topological polar surface area (TPSA) is 256 Å². The third kappa shape index (κ3) is 16.1. The Morgan fingerprint density at radius 2 is 1.36 bits per heavy atom. The van der Waals surface area contributed by atoms with Crippen LogP contribution in [-0.4, -0.2) is 193 Å². The number of halogens is 2. The number of piperidine rings is 1. The summed E-state index contributed by atoms with van der Waals surface area (Å²) in [6.07, 6.45) is 2.05. The van der Waals surface area contributed by atoms with E-state index in [0.29, 0.717) is 164 Å². The summed E-state index contributed by atoms with van der Waals surface area (Å²) in [5.74, 6) is -3.55. The van der Waals surface area contributed by atoms with Crippen LogP contribution in [0.3, 0.4) is 0 Å². The van der Waals surface area contributed by atoms with Gasteiger partial charge in [-0.05, 0) is 97.5 Å². The number of hydrogen-bond acceptors (Lipinski definition) is 17. The van der Waals surface area contributed by atoms with Gasteiger partial charge in [-0.3, -0.25) is 49.0 Å². The van der Waals surface area contributed by atoms with Crippen LogP contribution in [0.4, 0.5) is 31.7 Å². The summed E-state index contributed by atoms with van der Waals surface area (Å²) < 4.78 is 61.3. The first-order valence-electron chi connectivity index (χ1n) is 27.4. The quantitative estimate of drug-likeness (QED) is 0.0291. The number of piperazine rings is 1. The first-order chi connectivity index (χ1) is 39.4. The molecule has 0 radical (unpaired) electrons. The van der Waals surface area contributed by atoms with Crippen molar-refractivity contribution in [3.05, 3.63) is 112 Å². The first-order valence-corrected chi connectivity index (χ1v) is 27.4. The molecule has 22 nitrogen and oxygen atoms in total. The largest absolute Gasteiger partial charge is 0.383 e. The lowest BCUT2D eigenvalue weighted by molar-refractivity contribution is -0.136. The van der Waals surface area contributed by atoms with Crippen LogP contribution < -0.4 is 31.5 Å². The molecule has 4 aliphatic rings. The Hall–Kier alpha value is -7.45. The number of benzene rings is 4. The van der Waals surface area contributed by atoms with Gasteiger partial charge >= 0.3 is 0 Å². The molecule has 5 aromatic rings. The van der Waals surface area contributed by atoms with E-state index < -0.39 is 41.3 Å². The van der Waals surface area contributed by atoms with Crippen LogP contribution in [0.25, 0.3) is 10.9 Å². The first kappa shape index (κ1) is 58.2. The molecule has 0 bridgehead atoms. The van der Waals surface area contributed by atoms with Crippen molar-refractivity contribution in [3.8, 4) is 0 Å². The van der Waals surface area contributed by atoms with Gasteiger partial charge in [-0.15, -0.1) is 0 Å². The van der Waals surface area contributed by atoms with Crippen LogP contribution in [-0.2, 0) is 49.2 Å². The number of aromatic nitrogens is 2. The molecule has 0 aliphatic carbocycles. The van der Waals surface area contributed by atoms with Crippen LogP contribution in [0.15, 0.2) is 72.8 Å². The van der Waals surface area contributed by atoms with Gasteiger partial charge in [0.05, 0.1) is 94.8 Å². The van der Waals surface area contributed by atoms with E-state index >= 15 is 0 Å². The second kappa shape index (κ2) is 28.8. The lowest BCUT2D eigenvalue weighted by Crippen LogP contribution is -2.54. The number of aromatic amines is 1. The molecule has 5 heterocycles. The number of ether oxygens (including phenoxy) is 6. The lowest BCUT2D eigenvalue weighted by Gasteiger charge is -2.36. The number of imide groups is 2. The normalized spacial score (nSPS) is 16.9. The zero-order chi connectivity index (χ0) is 56.5. The van der Waals surface area contributed by atoms with E-state index in [1.165, 1.54) is 12.1 Å². The average Bonchev–Trinajstić information content (AvgIpc) is 4.22. The fourth-order valence-electron chi connectivity index (χ4n) is 10.0. The fraction of sp³-hybridized carbons (Fsp3) is 0.456. The Morgan fingerprint density at radius 1 is 0.691 bits per heavy atom. The summed E-state index contributed by atoms with van der Waals surface area (Å²) in [6, 6.07) is 18.7. The molecule has 1 unspecified atom stereocenters. The maximum Gasteiger partial charge on any atom is 0.262 e. The molecule has 4 aliphatic heterocycles. The molecule has 81 heavy (non-hydrogen) atoms. The molecule has 0 saturated carbocycles. The number of amides is 6. The molecule has 4 aromatic carbocycles. The molecule has 1 aromatic heterocycles. The highest BCUT2D eigenvalue weighted by molar-refractivity contribution is 6.23. The van der Waals surface area contributed by atoms with E-state index in [1.807, 2.05) is 36.4 Å². The van der Waals surface area contributed by atoms with Gasteiger partial charge in [0.2, 0.25) is 17.7 Å². The molecular weight excluding hydrogens is 1050 g/mol. The molecule has 9 rings (SSSR count). The van der Waals surface area contributed by atoms with Crippen molar-refractivity contribution < 1.29 is 66.0 Å². The van der Waals surface area contributed by atoms with Gasteiger partial charge in [-0.2, -0.15) is 5.10 Å². The van der Waals surface area contributed by atoms with Gasteiger partial charge in [0.1, 0.15) is 17.7 Å². The number of nitrogens with one attached hydrogen (secondary N) is 6. The second-order valence-electron chi connectivity index (χ2n) is 19.9. The third-order valence-corrected chi connectivity index (χ3v) is 14.2. The standard InChI is InChI=1S/C57H68F2N10O12/c58-39-30-38(31-40(59)33-39)29-37-1-6-48-47(32-37)53(66-65-48)64-54(72)45-5-3-43(35-49(45)62-41-9-17-76-18-10-41)68-15-13-67(14-16-68)36-52(71)61-12-20-78-22-24-80-26-28-81-27-25-79-23-21-77-19-11-60-42-2-4-44-46(34-42)57(75)69(56(44)74)50-7-8-51(70)63-55(50)73/h1-6,30-35,41,50,60,62H,7-29,36H2,(H,61,71)(H,63,70,73)(H2,64,65,66,72). The van der Waals surface area contributed by atoms with Crippen LogP contribution in [0.1, 0.15) is 67.9 Å². The van der Waals surface area contributed by atoms with Crippen molar-refractivity contribution >= 4 is 69.2 Å². The number of nitrogens with zero attached hydrogens (tertiary/aromatic N) is 4. The Kier molecular flexibility index (Phi) is 20.7. The van der Waals surface area contributed by atoms with Crippen LogP contribution in [0, 0.1) is 11.6 Å². The number of carbonyl (C=O) groups is 6. The van der Waals surface area contributed by atoms with Crippen molar-refractivity contribution in [2.75, 3.05) is 146 Å². The Balaban J connectivity index is 0.591. The van der Waals surface area contributed by atoms with E-state index in [0.717, 1.165) is 35.1 Å². The van der Waals surface area contributed by atoms with E-state index in [2.05, 4.69) is 46.6 Å². The number of rotatable bonds is 29. The van der Waals surface area contributed by atoms with Crippen molar-refractivity contribution in [3.63, 3.8) is 0 Å². The molecule has 1 atom stereocenters. The zero-order valence-corrected chi connectivity index (χ0v) is 45.0. The van der Waals surface area contributed by atoms with Crippen LogP contribution in [0.5, 0.6) is 0 Å². The minimum absolute atomic E-state index is 0.0585. The summed E-state index contributed by atoms with van der Waals surface area (Å²) in [5, 5.41) is 22.9. The Bertz CT molecular complexity index is 3000. The maximum atomic E-state index is 14.0. The molecular formula is C57H68F2N10O12. The highest BCUT2D eigenvalue weighted by Crippen LogP contribution is 2.32. The van der Waals surface area contributed by atoms with E-state index in [9.17, 15) is 37.5 Å². The van der Waals surface area contributed by atoms with Gasteiger partial charge in [0, 0.05) is 93.5 Å². The van der Waals surface area contributed by atoms with Gasteiger partial charge in [-0.1, -0.05) is 6.07 Å². The molecule has 432 valence electrons. The summed E-state index contributed by atoms with van der Waals surface area (Å²) in [6.45, 7) is 8.90. The summed E-state index contributed by atoms with van der Waals surface area (Å²) in [7, 11) is 0. The smallest absolute Gasteiger partial charge is 0.262 e. The van der Waals surface area contributed by atoms with Gasteiger partial charge in [0.25, 0.3) is 17.7 Å². The Labute approximate surface area is 466 Å². The summed E-state index contributed by atoms with van der Waals surface area (Å²) in [4.78, 5) is 81.9. The van der Waals surface area contributed by atoms with E-state index in [1.54, 1.807) is 18.2 Å².